The zero-order valence-electron chi connectivity index (χ0n) is 19.9. The minimum absolute atomic E-state index is 0.0288. The number of methoxy groups -OCH3 is 1. The molecule has 1 fully saturated rings. The van der Waals surface area contributed by atoms with E-state index in [2.05, 4.69) is 24.3 Å². The van der Waals surface area contributed by atoms with Crippen molar-refractivity contribution in [3.63, 3.8) is 0 Å². The van der Waals surface area contributed by atoms with Crippen molar-refractivity contribution in [1.29, 1.82) is 0 Å². The van der Waals surface area contributed by atoms with E-state index in [1.807, 2.05) is 60.7 Å². The molecule has 4 aromatic carbocycles. The number of rotatable bonds is 1. The smallest absolute Gasteiger partial charge is 0.203 e. The van der Waals surface area contributed by atoms with Gasteiger partial charge in [-0.1, -0.05) is 78.9 Å². The summed E-state index contributed by atoms with van der Waals surface area (Å²) in [4.78, 5) is 29.0. The summed E-state index contributed by atoms with van der Waals surface area (Å²) in [6.07, 6.45) is 0.324. The van der Waals surface area contributed by atoms with Crippen LogP contribution < -0.4 is 4.74 Å². The Morgan fingerprint density at radius 3 is 2.36 bits per heavy atom. The van der Waals surface area contributed by atoms with Crippen molar-refractivity contribution in [3.8, 4) is 5.75 Å². The molecule has 4 nitrogen and oxygen atoms in total. The first kappa shape index (κ1) is 20.4. The Kier molecular flexibility index (Phi) is 3.81. The molecule has 0 saturated heterocycles. The number of hydrogen-bond donors (Lipinski definition) is 0. The van der Waals surface area contributed by atoms with Crippen molar-refractivity contribution >= 4 is 22.3 Å². The maximum atomic E-state index is 14.9. The molecule has 1 saturated carbocycles. The molecule has 4 aromatic rings. The lowest BCUT2D eigenvalue weighted by molar-refractivity contribution is -0.156. The Morgan fingerprint density at radius 1 is 0.806 bits per heavy atom. The average Bonchev–Trinajstić information content (AvgIpc) is 3.00. The van der Waals surface area contributed by atoms with Crippen molar-refractivity contribution in [2.45, 2.75) is 35.9 Å². The number of carbonyl (C=O) groups is 2. The van der Waals surface area contributed by atoms with Crippen molar-refractivity contribution < 1.29 is 19.1 Å². The van der Waals surface area contributed by atoms with Gasteiger partial charge in [0, 0.05) is 24.7 Å². The summed E-state index contributed by atoms with van der Waals surface area (Å²) in [7, 11) is 1.64. The van der Waals surface area contributed by atoms with Crippen LogP contribution in [0.25, 0.3) is 10.8 Å². The fraction of sp³-hybridized carbons (Fsp3) is 0.250. The summed E-state index contributed by atoms with van der Waals surface area (Å²) < 4.78 is 13.1. The lowest BCUT2D eigenvalue weighted by Gasteiger charge is -2.55. The molecule has 0 N–H and O–H groups in total. The second-order valence-electron chi connectivity index (χ2n) is 10.6. The third kappa shape index (κ3) is 2.13. The van der Waals surface area contributed by atoms with Gasteiger partial charge in [-0.15, -0.1) is 0 Å². The molecule has 0 aromatic heterocycles. The van der Waals surface area contributed by atoms with Gasteiger partial charge in [0.15, 0.2) is 5.78 Å². The monoisotopic (exact) mass is 472 g/mol. The summed E-state index contributed by atoms with van der Waals surface area (Å²) in [6, 6.07) is 28.5. The molecule has 9 rings (SSSR count). The topological polar surface area (TPSA) is 52.6 Å². The minimum Gasteiger partial charge on any atom is -0.473 e. The highest BCUT2D eigenvalue weighted by atomic mass is 16.5. The van der Waals surface area contributed by atoms with Crippen LogP contribution in [0.2, 0.25) is 0 Å². The van der Waals surface area contributed by atoms with Crippen LogP contribution in [0.1, 0.15) is 46.3 Å². The zero-order valence-corrected chi connectivity index (χ0v) is 19.9. The van der Waals surface area contributed by atoms with E-state index in [1.165, 1.54) is 0 Å². The summed E-state index contributed by atoms with van der Waals surface area (Å²) in [5, 5.41) is 2.24. The first-order valence-corrected chi connectivity index (χ1v) is 12.6. The molecule has 5 atom stereocenters. The van der Waals surface area contributed by atoms with E-state index in [0.717, 1.165) is 44.3 Å². The highest BCUT2D eigenvalue weighted by Crippen LogP contribution is 2.67. The van der Waals surface area contributed by atoms with E-state index in [1.54, 1.807) is 7.11 Å². The first-order chi connectivity index (χ1) is 17.6. The highest BCUT2D eigenvalue weighted by Gasteiger charge is 2.74. The molecule has 2 spiro atoms. The molecule has 1 heterocycles. The Labute approximate surface area is 208 Å². The molecule has 4 bridgehead atoms. The van der Waals surface area contributed by atoms with Crippen LogP contribution in [-0.4, -0.2) is 18.7 Å². The Bertz CT molecular complexity index is 1640. The van der Waals surface area contributed by atoms with Crippen LogP contribution in [0.4, 0.5) is 0 Å². The fourth-order valence-electron chi connectivity index (χ4n) is 7.99. The van der Waals surface area contributed by atoms with Gasteiger partial charge in [0.25, 0.3) is 0 Å². The number of hydrogen-bond acceptors (Lipinski definition) is 4. The Hall–Kier alpha value is -3.76. The van der Waals surface area contributed by atoms with Crippen molar-refractivity contribution in [3.05, 3.63) is 113 Å². The van der Waals surface area contributed by atoms with Crippen LogP contribution in [0.3, 0.4) is 0 Å². The van der Waals surface area contributed by atoms with Crippen molar-refractivity contribution in [2.24, 2.45) is 5.92 Å². The van der Waals surface area contributed by atoms with E-state index in [0.29, 0.717) is 6.42 Å². The third-order valence-corrected chi connectivity index (χ3v) is 9.28. The molecule has 1 aliphatic heterocycles. The lowest BCUT2D eigenvalue weighted by Crippen LogP contribution is -2.64. The zero-order chi connectivity index (χ0) is 24.2. The van der Waals surface area contributed by atoms with Gasteiger partial charge >= 0.3 is 0 Å². The molecule has 0 unspecified atom stereocenters. The fourth-order valence-corrected chi connectivity index (χ4v) is 7.99. The van der Waals surface area contributed by atoms with E-state index in [-0.39, 0.29) is 18.0 Å². The summed E-state index contributed by atoms with van der Waals surface area (Å²) in [6.45, 7) is 0. The number of ketones is 2. The summed E-state index contributed by atoms with van der Waals surface area (Å²) in [5.74, 6) is -0.365. The van der Waals surface area contributed by atoms with Crippen LogP contribution >= 0.6 is 0 Å². The maximum absolute atomic E-state index is 14.9. The van der Waals surface area contributed by atoms with Gasteiger partial charge in [-0.2, -0.15) is 0 Å². The maximum Gasteiger partial charge on any atom is 0.203 e. The third-order valence-electron chi connectivity index (χ3n) is 9.28. The standard InChI is InChI=1S/C32H24O4/c1-35-29-21-11-5-7-13-24(21)32-30(34)28(29)27-20-10-4-6-12-23(20)31(32,17-25(27)33)16-22-19-9-3-2-8-18(19)14-15-26(22)36-32/h2-15,27-29H,16-17H2,1H3/t27-,28-,29+,31-,32-/m0/s1. The number of fused-ring (bicyclic) bond motifs is 5. The van der Waals surface area contributed by atoms with Gasteiger partial charge in [0.05, 0.1) is 23.4 Å². The van der Waals surface area contributed by atoms with Gasteiger partial charge in [-0.05, 0) is 39.9 Å². The molecule has 4 heteroatoms. The van der Waals surface area contributed by atoms with Crippen molar-refractivity contribution in [1.82, 2.24) is 0 Å². The largest absolute Gasteiger partial charge is 0.473 e. The summed E-state index contributed by atoms with van der Waals surface area (Å²) >= 11 is 0. The molecule has 0 amide bonds. The molecular weight excluding hydrogens is 448 g/mol. The minimum atomic E-state index is -1.30. The normalized spacial score (nSPS) is 31.1. The van der Waals surface area contributed by atoms with E-state index in [4.69, 9.17) is 9.47 Å². The quantitative estimate of drug-likeness (QED) is 0.364. The van der Waals surface area contributed by atoms with Gasteiger partial charge < -0.3 is 9.47 Å². The lowest BCUT2D eigenvalue weighted by atomic mass is 9.54. The number of carbonyl (C=O) groups excluding carboxylic acids is 2. The number of ether oxygens (including phenoxy) is 2. The van der Waals surface area contributed by atoms with E-state index in [9.17, 15) is 9.59 Å². The van der Waals surface area contributed by atoms with Gasteiger partial charge in [-0.25, -0.2) is 0 Å². The number of benzene rings is 4. The Balaban J connectivity index is 1.56. The van der Waals surface area contributed by atoms with Crippen molar-refractivity contribution in [2.75, 3.05) is 7.11 Å². The van der Waals surface area contributed by atoms with Crippen LogP contribution in [0, 0.1) is 5.92 Å². The average molecular weight is 473 g/mol. The van der Waals surface area contributed by atoms with E-state index >= 15 is 0 Å². The first-order valence-electron chi connectivity index (χ1n) is 12.6. The highest BCUT2D eigenvalue weighted by molar-refractivity contribution is 6.07. The van der Waals surface area contributed by atoms with Crippen LogP contribution in [0.5, 0.6) is 5.75 Å². The molecular formula is C32H24O4. The second kappa shape index (κ2) is 6.71. The van der Waals surface area contributed by atoms with Gasteiger partial charge in [0.1, 0.15) is 11.5 Å². The van der Waals surface area contributed by atoms with E-state index < -0.39 is 29.0 Å². The summed E-state index contributed by atoms with van der Waals surface area (Å²) in [5.41, 5.74) is 2.74. The second-order valence-corrected chi connectivity index (χ2v) is 10.6. The molecule has 5 aliphatic rings. The SMILES string of the molecule is CO[C@@H]1c2ccccc2[C@@]23Oc4ccc5ccccc5c4C[C@@]24CC(=O)[C@H](c2ccccc24)[C@@H]1C3=O. The number of Topliss-reactive ketones (excluding diaryl/α,β-unsaturated/α-hetero) is 2. The molecule has 176 valence electrons. The van der Waals surface area contributed by atoms with Gasteiger partial charge in [-0.3, -0.25) is 9.59 Å². The predicted octanol–water partition coefficient (Wildman–Crippen LogP) is 5.56. The molecule has 36 heavy (non-hydrogen) atoms. The van der Waals surface area contributed by atoms with Gasteiger partial charge in [0.2, 0.25) is 5.60 Å². The molecule has 0 radical (unpaired) electrons. The van der Waals surface area contributed by atoms with Crippen LogP contribution in [0.15, 0.2) is 84.9 Å². The predicted molar refractivity (Wildman–Crippen MR) is 135 cm³/mol. The molecule has 4 aliphatic carbocycles. The van der Waals surface area contributed by atoms with Crippen LogP contribution in [-0.2, 0) is 31.8 Å². The Morgan fingerprint density at radius 2 is 1.53 bits per heavy atom.